The third-order valence-corrected chi connectivity index (χ3v) is 2.57. The molecule has 0 spiro atoms. The largest absolute Gasteiger partial charge is 0.477 e. The molecule has 1 heterocycles. The summed E-state index contributed by atoms with van der Waals surface area (Å²) in [6.07, 6.45) is 2.94. The molecule has 1 aromatic rings. The van der Waals surface area contributed by atoms with Gasteiger partial charge in [0.2, 0.25) is 0 Å². The van der Waals surface area contributed by atoms with Crippen LogP contribution in [0, 0.1) is 16.0 Å². The van der Waals surface area contributed by atoms with Gasteiger partial charge in [-0.3, -0.25) is 10.1 Å². The highest BCUT2D eigenvalue weighted by molar-refractivity contribution is 5.93. The van der Waals surface area contributed by atoms with Gasteiger partial charge in [-0.15, -0.1) is 0 Å². The maximum absolute atomic E-state index is 10.9. The first-order valence-electron chi connectivity index (χ1n) is 6.03. The smallest absolute Gasteiger partial charge is 0.342 e. The van der Waals surface area contributed by atoms with E-state index in [1.807, 2.05) is 0 Å². The fourth-order valence-corrected chi connectivity index (χ4v) is 1.59. The summed E-state index contributed by atoms with van der Waals surface area (Å²) >= 11 is 0. The van der Waals surface area contributed by atoms with Crippen LogP contribution in [0.2, 0.25) is 0 Å². The Labute approximate surface area is 110 Å². The number of hydrogen-bond acceptors (Lipinski definition) is 5. The van der Waals surface area contributed by atoms with E-state index in [1.165, 1.54) is 6.07 Å². The Bertz CT molecular complexity index is 474. The minimum Gasteiger partial charge on any atom is -0.477 e. The van der Waals surface area contributed by atoms with Gasteiger partial charge in [0.25, 0.3) is 0 Å². The van der Waals surface area contributed by atoms with Crippen LogP contribution >= 0.6 is 0 Å². The average molecular weight is 267 g/mol. The number of aromatic carboxylic acids is 1. The van der Waals surface area contributed by atoms with Crippen molar-refractivity contribution >= 4 is 17.5 Å². The second-order valence-corrected chi connectivity index (χ2v) is 4.61. The summed E-state index contributed by atoms with van der Waals surface area (Å²) in [5, 5.41) is 22.5. The van der Waals surface area contributed by atoms with Gasteiger partial charge in [0.1, 0.15) is 17.6 Å². The number of nitrogens with one attached hydrogen (secondary N) is 1. The van der Waals surface area contributed by atoms with Crippen LogP contribution in [0.25, 0.3) is 0 Å². The molecule has 1 rings (SSSR count). The number of carboxylic acids is 1. The van der Waals surface area contributed by atoms with E-state index in [2.05, 4.69) is 24.1 Å². The molecule has 0 unspecified atom stereocenters. The number of aromatic nitrogens is 1. The quantitative estimate of drug-likeness (QED) is 0.446. The van der Waals surface area contributed by atoms with E-state index in [-0.39, 0.29) is 5.56 Å². The summed E-state index contributed by atoms with van der Waals surface area (Å²) in [6.45, 7) is 4.89. The van der Waals surface area contributed by atoms with E-state index >= 15 is 0 Å². The van der Waals surface area contributed by atoms with Crippen molar-refractivity contribution in [1.82, 2.24) is 4.98 Å². The first kappa shape index (κ1) is 14.9. The molecule has 0 fully saturated rings. The van der Waals surface area contributed by atoms with Crippen molar-refractivity contribution in [1.29, 1.82) is 0 Å². The number of pyridine rings is 1. The average Bonchev–Trinajstić information content (AvgIpc) is 2.33. The number of carbonyl (C=O) groups is 1. The molecule has 0 saturated carbocycles. The maximum atomic E-state index is 10.9. The summed E-state index contributed by atoms with van der Waals surface area (Å²) < 4.78 is 0. The van der Waals surface area contributed by atoms with Crippen LogP contribution < -0.4 is 5.32 Å². The van der Waals surface area contributed by atoms with Gasteiger partial charge in [0.15, 0.2) is 0 Å². The van der Waals surface area contributed by atoms with E-state index in [0.29, 0.717) is 18.3 Å². The predicted molar refractivity (Wildman–Crippen MR) is 70.4 cm³/mol. The lowest BCUT2D eigenvalue weighted by molar-refractivity contribution is -0.385. The zero-order valence-electron chi connectivity index (χ0n) is 10.9. The molecule has 0 amide bonds. The van der Waals surface area contributed by atoms with E-state index in [9.17, 15) is 14.9 Å². The van der Waals surface area contributed by atoms with Gasteiger partial charge < -0.3 is 10.4 Å². The molecule has 7 heteroatoms. The van der Waals surface area contributed by atoms with E-state index in [4.69, 9.17) is 5.11 Å². The molecule has 2 N–H and O–H groups in total. The minimum absolute atomic E-state index is 0.340. The van der Waals surface area contributed by atoms with Crippen LogP contribution in [0.4, 0.5) is 11.5 Å². The fourth-order valence-electron chi connectivity index (χ4n) is 1.59. The van der Waals surface area contributed by atoms with Gasteiger partial charge in [0, 0.05) is 12.6 Å². The zero-order chi connectivity index (χ0) is 14.4. The highest BCUT2D eigenvalue weighted by Crippen LogP contribution is 2.20. The van der Waals surface area contributed by atoms with Gasteiger partial charge in [-0.05, 0) is 18.8 Å². The van der Waals surface area contributed by atoms with Gasteiger partial charge in [-0.25, -0.2) is 9.78 Å². The molecule has 0 aromatic carbocycles. The van der Waals surface area contributed by atoms with Crippen molar-refractivity contribution in [2.45, 2.75) is 26.7 Å². The van der Waals surface area contributed by atoms with Crippen LogP contribution in [-0.2, 0) is 0 Å². The van der Waals surface area contributed by atoms with E-state index in [0.717, 1.165) is 19.0 Å². The summed E-state index contributed by atoms with van der Waals surface area (Å²) in [5.41, 5.74) is -0.855. The molecule has 7 nitrogen and oxygen atoms in total. The van der Waals surface area contributed by atoms with E-state index in [1.54, 1.807) is 0 Å². The maximum Gasteiger partial charge on any atom is 0.342 e. The van der Waals surface area contributed by atoms with Crippen LogP contribution in [-0.4, -0.2) is 27.5 Å². The number of nitrogens with zero attached hydrogens (tertiary/aromatic N) is 2. The molecule has 1 aromatic heterocycles. The van der Waals surface area contributed by atoms with Crippen molar-refractivity contribution in [3.8, 4) is 0 Å². The molecule has 0 aliphatic rings. The zero-order valence-corrected chi connectivity index (χ0v) is 10.9. The number of hydrogen-bond donors (Lipinski definition) is 2. The van der Waals surface area contributed by atoms with Gasteiger partial charge in [-0.1, -0.05) is 13.8 Å². The SMILES string of the molecule is CC(C)CCCNc1cc(C(=O)O)c([N+](=O)[O-])cn1. The highest BCUT2D eigenvalue weighted by Gasteiger charge is 2.20. The normalized spacial score (nSPS) is 10.5. The Morgan fingerprint density at radius 3 is 2.79 bits per heavy atom. The molecule has 19 heavy (non-hydrogen) atoms. The van der Waals surface area contributed by atoms with Crippen molar-refractivity contribution < 1.29 is 14.8 Å². The topological polar surface area (TPSA) is 105 Å². The number of carboxylic acid groups (broad SMARTS) is 1. The second-order valence-electron chi connectivity index (χ2n) is 4.61. The first-order chi connectivity index (χ1) is 8.91. The first-order valence-corrected chi connectivity index (χ1v) is 6.03. The lowest BCUT2D eigenvalue weighted by atomic mass is 10.1. The predicted octanol–water partition coefficient (Wildman–Crippen LogP) is 2.54. The van der Waals surface area contributed by atoms with Crippen molar-refractivity contribution in [2.75, 3.05) is 11.9 Å². The third kappa shape index (κ3) is 4.53. The standard InChI is InChI=1S/C12H17N3O4/c1-8(2)4-3-5-13-11-6-9(12(16)17)10(7-14-11)15(18)19/h6-8H,3-5H2,1-2H3,(H,13,14)(H,16,17). The Hall–Kier alpha value is -2.18. The van der Waals surface area contributed by atoms with Crippen LogP contribution in [0.3, 0.4) is 0 Å². The van der Waals surface area contributed by atoms with Crippen molar-refractivity contribution in [3.63, 3.8) is 0 Å². The van der Waals surface area contributed by atoms with Gasteiger partial charge >= 0.3 is 11.7 Å². The summed E-state index contributed by atoms with van der Waals surface area (Å²) in [5.74, 6) is -0.396. The van der Waals surface area contributed by atoms with E-state index < -0.39 is 16.6 Å². The highest BCUT2D eigenvalue weighted by atomic mass is 16.6. The lowest BCUT2D eigenvalue weighted by Gasteiger charge is -2.07. The summed E-state index contributed by atoms with van der Waals surface area (Å²) in [4.78, 5) is 24.7. The molecular formula is C12H17N3O4. The molecule has 0 radical (unpaired) electrons. The summed E-state index contributed by atoms with van der Waals surface area (Å²) in [6, 6.07) is 1.19. The molecular weight excluding hydrogens is 250 g/mol. The fraction of sp³-hybridized carbons (Fsp3) is 0.500. The lowest BCUT2D eigenvalue weighted by Crippen LogP contribution is -2.08. The minimum atomic E-state index is -1.33. The van der Waals surface area contributed by atoms with Crippen LogP contribution in [0.15, 0.2) is 12.3 Å². The molecule has 0 aliphatic carbocycles. The number of nitro groups is 1. The van der Waals surface area contributed by atoms with Crippen molar-refractivity contribution in [3.05, 3.63) is 27.9 Å². The number of rotatable bonds is 7. The Balaban J connectivity index is 2.73. The third-order valence-electron chi connectivity index (χ3n) is 2.57. The molecule has 0 saturated heterocycles. The second kappa shape index (κ2) is 6.67. The van der Waals surface area contributed by atoms with Crippen LogP contribution in [0.1, 0.15) is 37.0 Å². The Morgan fingerprint density at radius 2 is 2.26 bits per heavy atom. The van der Waals surface area contributed by atoms with Gasteiger partial charge in [0.05, 0.1) is 4.92 Å². The molecule has 0 bridgehead atoms. The molecule has 0 atom stereocenters. The molecule has 104 valence electrons. The van der Waals surface area contributed by atoms with Gasteiger partial charge in [-0.2, -0.15) is 0 Å². The van der Waals surface area contributed by atoms with Crippen LogP contribution in [0.5, 0.6) is 0 Å². The summed E-state index contributed by atoms with van der Waals surface area (Å²) in [7, 11) is 0. The monoisotopic (exact) mass is 267 g/mol. The molecule has 0 aliphatic heterocycles. The Kier molecular flexibility index (Phi) is 5.23. The number of anilines is 1. The van der Waals surface area contributed by atoms with Crippen molar-refractivity contribution in [2.24, 2.45) is 5.92 Å². The Morgan fingerprint density at radius 1 is 1.58 bits per heavy atom.